The summed E-state index contributed by atoms with van der Waals surface area (Å²) in [6.07, 6.45) is 1.01. The molecule has 0 unspecified atom stereocenters. The molecule has 0 atom stereocenters. The first-order valence-corrected chi connectivity index (χ1v) is 4.65. The van der Waals surface area contributed by atoms with Crippen molar-refractivity contribution >= 4 is 10.8 Å². The van der Waals surface area contributed by atoms with Crippen LogP contribution in [-0.4, -0.2) is 0 Å². The molecule has 72 valence electrons. The van der Waals surface area contributed by atoms with Gasteiger partial charge in [0.25, 0.3) is 0 Å². The van der Waals surface area contributed by atoms with E-state index in [1.54, 1.807) is 12.1 Å². The van der Waals surface area contributed by atoms with Crippen molar-refractivity contribution in [1.29, 1.82) is 0 Å². The summed E-state index contributed by atoms with van der Waals surface area (Å²) in [7, 11) is 0. The monoisotopic (exact) mass is 190 g/mol. The van der Waals surface area contributed by atoms with Crippen LogP contribution in [0, 0.1) is 0 Å². The summed E-state index contributed by atoms with van der Waals surface area (Å²) in [5.74, 6) is 0.252. The lowest BCUT2D eigenvalue weighted by Crippen LogP contribution is -1.81. The van der Waals surface area contributed by atoms with Crippen molar-refractivity contribution in [2.45, 2.75) is 13.3 Å². The van der Waals surface area contributed by atoms with Crippen molar-refractivity contribution in [3.8, 4) is 5.75 Å². The minimum Gasteiger partial charge on any atom is -0.294 e. The van der Waals surface area contributed by atoms with E-state index in [1.165, 1.54) is 5.56 Å². The Bertz CT molecular complexity index is 408. The van der Waals surface area contributed by atoms with Gasteiger partial charge in [-0.1, -0.05) is 31.2 Å². The average molecular weight is 190 g/mol. The Morgan fingerprint density at radius 2 is 1.79 bits per heavy atom. The molecular formula is C12H11FO. The van der Waals surface area contributed by atoms with E-state index in [0.29, 0.717) is 0 Å². The molecule has 0 amide bonds. The van der Waals surface area contributed by atoms with Crippen molar-refractivity contribution in [3.05, 3.63) is 42.0 Å². The normalized spacial score (nSPS) is 10.4. The molecule has 0 aliphatic rings. The largest absolute Gasteiger partial charge is 0.294 e. The summed E-state index contributed by atoms with van der Waals surface area (Å²) in [4.78, 5) is 3.68. The van der Waals surface area contributed by atoms with Gasteiger partial charge in [0.1, 0.15) is 0 Å². The average Bonchev–Trinajstić information content (AvgIpc) is 2.27. The third-order valence-electron chi connectivity index (χ3n) is 2.37. The summed E-state index contributed by atoms with van der Waals surface area (Å²) in [5, 5.41) is 2.11. The number of aryl methyl sites for hydroxylation is 1. The van der Waals surface area contributed by atoms with E-state index in [0.717, 1.165) is 17.2 Å². The van der Waals surface area contributed by atoms with Crippen molar-refractivity contribution in [1.82, 2.24) is 0 Å². The second-order valence-corrected chi connectivity index (χ2v) is 3.27. The fourth-order valence-corrected chi connectivity index (χ4v) is 1.54. The Hall–Kier alpha value is -1.57. The van der Waals surface area contributed by atoms with Gasteiger partial charge < -0.3 is 0 Å². The molecule has 0 aromatic heterocycles. The molecule has 2 rings (SSSR count). The molecule has 0 saturated heterocycles. The van der Waals surface area contributed by atoms with Gasteiger partial charge in [0.2, 0.25) is 0 Å². The van der Waals surface area contributed by atoms with Gasteiger partial charge in [-0.15, -0.1) is 0 Å². The van der Waals surface area contributed by atoms with Crippen molar-refractivity contribution in [2.75, 3.05) is 0 Å². The zero-order valence-corrected chi connectivity index (χ0v) is 7.96. The molecule has 0 saturated carbocycles. The van der Waals surface area contributed by atoms with Gasteiger partial charge in [-0.05, 0) is 34.9 Å². The van der Waals surface area contributed by atoms with Gasteiger partial charge in [0, 0.05) is 4.53 Å². The first kappa shape index (κ1) is 9.00. The number of hydrogen-bond acceptors (Lipinski definition) is 1. The molecule has 0 aliphatic carbocycles. The van der Waals surface area contributed by atoms with E-state index in [2.05, 4.69) is 17.9 Å². The maximum Gasteiger partial charge on any atom is 0.172 e. The highest BCUT2D eigenvalue weighted by Gasteiger charge is 1.98. The third-order valence-corrected chi connectivity index (χ3v) is 2.37. The number of benzene rings is 2. The van der Waals surface area contributed by atoms with Gasteiger partial charge in [-0.25, -0.2) is 0 Å². The van der Waals surface area contributed by atoms with E-state index < -0.39 is 0 Å². The van der Waals surface area contributed by atoms with Gasteiger partial charge in [-0.2, -0.15) is 0 Å². The van der Waals surface area contributed by atoms with Crippen LogP contribution in [0.4, 0.5) is 4.53 Å². The van der Waals surface area contributed by atoms with Crippen LogP contribution in [0.3, 0.4) is 0 Å². The smallest absolute Gasteiger partial charge is 0.172 e. The molecule has 0 radical (unpaired) electrons. The first-order chi connectivity index (χ1) is 6.83. The van der Waals surface area contributed by atoms with Crippen molar-refractivity contribution in [2.24, 2.45) is 0 Å². The van der Waals surface area contributed by atoms with Gasteiger partial charge >= 0.3 is 0 Å². The SMILES string of the molecule is CCc1ccc2cc(OF)ccc2c1. The van der Waals surface area contributed by atoms with Crippen molar-refractivity contribution < 1.29 is 9.47 Å². The Labute approximate surface area is 82.0 Å². The number of rotatable bonds is 2. The lowest BCUT2D eigenvalue weighted by molar-refractivity contribution is -0.00603. The summed E-state index contributed by atoms with van der Waals surface area (Å²) in [6, 6.07) is 11.3. The highest BCUT2D eigenvalue weighted by molar-refractivity contribution is 5.84. The molecular weight excluding hydrogens is 179 g/mol. The van der Waals surface area contributed by atoms with E-state index in [4.69, 9.17) is 0 Å². The van der Waals surface area contributed by atoms with Crippen LogP contribution in [-0.2, 0) is 6.42 Å². The Kier molecular flexibility index (Phi) is 2.35. The van der Waals surface area contributed by atoms with Crippen LogP contribution in [0.2, 0.25) is 0 Å². The fraction of sp³-hybridized carbons (Fsp3) is 0.167. The minimum atomic E-state index is 0.252. The quantitative estimate of drug-likeness (QED) is 0.702. The van der Waals surface area contributed by atoms with E-state index in [-0.39, 0.29) is 5.75 Å². The molecule has 2 aromatic rings. The molecule has 14 heavy (non-hydrogen) atoms. The Morgan fingerprint density at radius 1 is 1.07 bits per heavy atom. The van der Waals surface area contributed by atoms with Crippen LogP contribution in [0.5, 0.6) is 5.75 Å². The highest BCUT2D eigenvalue weighted by atomic mass is 19.3. The number of halogens is 1. The molecule has 0 spiro atoms. The lowest BCUT2D eigenvalue weighted by atomic mass is 10.1. The molecule has 0 aliphatic heterocycles. The van der Waals surface area contributed by atoms with Gasteiger partial charge in [-0.3, -0.25) is 4.94 Å². The predicted octanol–water partition coefficient (Wildman–Crippen LogP) is 3.67. The molecule has 2 aromatic carbocycles. The maximum absolute atomic E-state index is 11.9. The maximum atomic E-state index is 11.9. The summed E-state index contributed by atoms with van der Waals surface area (Å²) in [5.41, 5.74) is 1.28. The minimum absolute atomic E-state index is 0.252. The lowest BCUT2D eigenvalue weighted by Gasteiger charge is -2.01. The fourth-order valence-electron chi connectivity index (χ4n) is 1.54. The second kappa shape index (κ2) is 3.66. The molecule has 0 N–H and O–H groups in total. The topological polar surface area (TPSA) is 9.23 Å². The summed E-state index contributed by atoms with van der Waals surface area (Å²) < 4.78 is 11.9. The van der Waals surface area contributed by atoms with Gasteiger partial charge in [0.05, 0.1) is 0 Å². The summed E-state index contributed by atoms with van der Waals surface area (Å²) in [6.45, 7) is 2.11. The predicted molar refractivity (Wildman–Crippen MR) is 55.1 cm³/mol. The first-order valence-electron chi connectivity index (χ1n) is 4.65. The van der Waals surface area contributed by atoms with Crippen LogP contribution in [0.25, 0.3) is 10.8 Å². The number of hydrogen-bond donors (Lipinski definition) is 0. The molecule has 0 fully saturated rings. The third kappa shape index (κ3) is 1.55. The summed E-state index contributed by atoms with van der Waals surface area (Å²) >= 11 is 0. The zero-order chi connectivity index (χ0) is 9.97. The molecule has 0 heterocycles. The van der Waals surface area contributed by atoms with E-state index in [9.17, 15) is 4.53 Å². The Balaban J connectivity index is 2.57. The van der Waals surface area contributed by atoms with Crippen LogP contribution >= 0.6 is 0 Å². The van der Waals surface area contributed by atoms with Crippen LogP contribution in [0.1, 0.15) is 12.5 Å². The zero-order valence-electron chi connectivity index (χ0n) is 7.96. The second-order valence-electron chi connectivity index (χ2n) is 3.27. The number of fused-ring (bicyclic) bond motifs is 1. The Morgan fingerprint density at radius 3 is 2.50 bits per heavy atom. The van der Waals surface area contributed by atoms with E-state index in [1.807, 2.05) is 18.2 Å². The van der Waals surface area contributed by atoms with Crippen LogP contribution in [0.15, 0.2) is 36.4 Å². The molecule has 1 nitrogen and oxygen atoms in total. The van der Waals surface area contributed by atoms with Crippen molar-refractivity contribution in [3.63, 3.8) is 0 Å². The standard InChI is InChI=1S/C12H11FO/c1-2-9-3-4-11-8-12(14-13)6-5-10(11)7-9/h3-8H,2H2,1H3. The van der Waals surface area contributed by atoms with Gasteiger partial charge in [0.15, 0.2) is 5.75 Å². The van der Waals surface area contributed by atoms with Crippen LogP contribution < -0.4 is 4.94 Å². The molecule has 0 bridgehead atoms. The molecule has 2 heteroatoms. The van der Waals surface area contributed by atoms with E-state index >= 15 is 0 Å². The highest BCUT2D eigenvalue weighted by Crippen LogP contribution is 2.22.